The van der Waals surface area contributed by atoms with Crippen LogP contribution in [0.4, 0.5) is 11.4 Å². The maximum atomic E-state index is 11.7. The maximum absolute atomic E-state index is 11.7. The predicted octanol–water partition coefficient (Wildman–Crippen LogP) is 2.21. The van der Waals surface area contributed by atoms with Crippen LogP contribution in [0.25, 0.3) is 0 Å². The molecule has 0 heterocycles. The van der Waals surface area contributed by atoms with E-state index in [0.29, 0.717) is 5.69 Å². The van der Waals surface area contributed by atoms with Gasteiger partial charge in [-0.2, -0.15) is 0 Å². The molecule has 2 unspecified atom stereocenters. The van der Waals surface area contributed by atoms with Crippen LogP contribution in [0.1, 0.15) is 27.2 Å². The molecule has 0 saturated heterocycles. The molecule has 7 nitrogen and oxygen atoms in total. The fraction of sp³-hybridized carbons (Fsp3) is 0.571. The van der Waals surface area contributed by atoms with Gasteiger partial charge in [-0.1, -0.05) is 20.3 Å². The number of nitrogens with zero attached hydrogens (tertiary/aromatic N) is 1. The SMILES string of the molecule is CCC(C)C(C)(O)CNc1ccc([N+](=O)[O-])c(S(C)(=O)=O)c1. The van der Waals surface area contributed by atoms with Crippen LogP contribution in [0, 0.1) is 16.0 Å². The molecular formula is C14H22N2O5S. The van der Waals surface area contributed by atoms with Gasteiger partial charge in [-0.05, 0) is 25.0 Å². The first-order chi connectivity index (χ1) is 9.99. The number of rotatable bonds is 7. The van der Waals surface area contributed by atoms with E-state index in [2.05, 4.69) is 5.32 Å². The van der Waals surface area contributed by atoms with Gasteiger partial charge in [0.15, 0.2) is 9.84 Å². The highest BCUT2D eigenvalue weighted by molar-refractivity contribution is 7.90. The zero-order valence-corrected chi connectivity index (χ0v) is 14.0. The average Bonchev–Trinajstić information content (AvgIpc) is 2.42. The largest absolute Gasteiger partial charge is 0.388 e. The zero-order chi connectivity index (χ0) is 17.1. The summed E-state index contributed by atoms with van der Waals surface area (Å²) >= 11 is 0. The van der Waals surface area contributed by atoms with Gasteiger partial charge in [0.05, 0.1) is 10.5 Å². The number of benzene rings is 1. The Labute approximate surface area is 130 Å². The van der Waals surface area contributed by atoms with E-state index >= 15 is 0 Å². The number of anilines is 1. The molecule has 0 fully saturated rings. The first-order valence-corrected chi connectivity index (χ1v) is 8.83. The summed E-state index contributed by atoms with van der Waals surface area (Å²) < 4.78 is 23.4. The Balaban J connectivity index is 3.07. The van der Waals surface area contributed by atoms with Crippen molar-refractivity contribution in [1.82, 2.24) is 0 Å². The van der Waals surface area contributed by atoms with Crippen molar-refractivity contribution in [3.8, 4) is 0 Å². The first kappa shape index (κ1) is 18.4. The minimum Gasteiger partial charge on any atom is -0.388 e. The Morgan fingerprint density at radius 1 is 1.45 bits per heavy atom. The summed E-state index contributed by atoms with van der Waals surface area (Å²) in [6.07, 6.45) is 1.72. The van der Waals surface area contributed by atoms with E-state index in [0.717, 1.165) is 18.7 Å². The smallest absolute Gasteiger partial charge is 0.288 e. The summed E-state index contributed by atoms with van der Waals surface area (Å²) in [6.45, 7) is 5.78. The molecule has 0 aromatic heterocycles. The summed E-state index contributed by atoms with van der Waals surface area (Å²) in [5, 5.41) is 24.2. The van der Waals surface area contributed by atoms with Crippen molar-refractivity contribution >= 4 is 21.2 Å². The number of hydrogen-bond acceptors (Lipinski definition) is 6. The molecule has 2 atom stereocenters. The fourth-order valence-corrected chi connectivity index (χ4v) is 2.83. The Hall–Kier alpha value is -1.67. The second kappa shape index (κ2) is 6.62. The van der Waals surface area contributed by atoms with Crippen molar-refractivity contribution in [2.24, 2.45) is 5.92 Å². The lowest BCUT2D eigenvalue weighted by Gasteiger charge is -2.30. The monoisotopic (exact) mass is 330 g/mol. The second-order valence-electron chi connectivity index (χ2n) is 5.73. The quantitative estimate of drug-likeness (QED) is 0.586. The van der Waals surface area contributed by atoms with Gasteiger partial charge in [0.1, 0.15) is 4.90 Å². The Bertz CT molecular complexity index is 655. The third kappa shape index (κ3) is 4.41. The number of aliphatic hydroxyl groups is 1. The molecule has 124 valence electrons. The van der Waals surface area contributed by atoms with Crippen molar-refractivity contribution in [2.75, 3.05) is 18.1 Å². The topological polar surface area (TPSA) is 110 Å². The Kier molecular flexibility index (Phi) is 5.53. The summed E-state index contributed by atoms with van der Waals surface area (Å²) in [6, 6.07) is 3.80. The van der Waals surface area contributed by atoms with Crippen molar-refractivity contribution in [2.45, 2.75) is 37.7 Å². The highest BCUT2D eigenvalue weighted by atomic mass is 32.2. The molecule has 0 bridgehead atoms. The number of nitrogens with one attached hydrogen (secondary N) is 1. The minimum atomic E-state index is -3.72. The van der Waals surface area contributed by atoms with Crippen molar-refractivity contribution in [3.05, 3.63) is 28.3 Å². The highest BCUT2D eigenvalue weighted by Gasteiger charge is 2.27. The molecule has 22 heavy (non-hydrogen) atoms. The molecule has 1 aromatic carbocycles. The van der Waals surface area contributed by atoms with Crippen LogP contribution in [0.3, 0.4) is 0 Å². The molecule has 1 rings (SSSR count). The molecule has 2 N–H and O–H groups in total. The average molecular weight is 330 g/mol. The molecule has 0 aliphatic heterocycles. The first-order valence-electron chi connectivity index (χ1n) is 6.93. The van der Waals surface area contributed by atoms with E-state index in [1.807, 2.05) is 13.8 Å². The molecule has 0 spiro atoms. The minimum absolute atomic E-state index is 0.0485. The van der Waals surface area contributed by atoms with Crippen LogP contribution in [0.5, 0.6) is 0 Å². The fourth-order valence-electron chi connectivity index (χ4n) is 1.97. The molecule has 1 aromatic rings. The van der Waals surface area contributed by atoms with Gasteiger partial charge in [0.25, 0.3) is 5.69 Å². The molecule has 0 saturated carbocycles. The van der Waals surface area contributed by atoms with E-state index in [-0.39, 0.29) is 17.4 Å². The Morgan fingerprint density at radius 2 is 2.05 bits per heavy atom. The molecular weight excluding hydrogens is 308 g/mol. The van der Waals surface area contributed by atoms with Gasteiger partial charge < -0.3 is 10.4 Å². The highest BCUT2D eigenvalue weighted by Crippen LogP contribution is 2.28. The van der Waals surface area contributed by atoms with Crippen LogP contribution in [-0.2, 0) is 9.84 Å². The van der Waals surface area contributed by atoms with Crippen LogP contribution < -0.4 is 5.32 Å². The lowest BCUT2D eigenvalue weighted by Crippen LogP contribution is -2.39. The third-order valence-electron chi connectivity index (χ3n) is 3.88. The lowest BCUT2D eigenvalue weighted by molar-refractivity contribution is -0.387. The zero-order valence-electron chi connectivity index (χ0n) is 13.2. The predicted molar refractivity (Wildman–Crippen MR) is 84.8 cm³/mol. The summed E-state index contributed by atoms with van der Waals surface area (Å²) in [7, 11) is -3.72. The summed E-state index contributed by atoms with van der Waals surface area (Å²) in [5.41, 5.74) is -1.02. The van der Waals surface area contributed by atoms with Crippen LogP contribution in [0.15, 0.2) is 23.1 Å². The van der Waals surface area contributed by atoms with E-state index in [1.165, 1.54) is 12.1 Å². The molecule has 0 aliphatic carbocycles. The molecule has 0 amide bonds. The van der Waals surface area contributed by atoms with Gasteiger partial charge in [-0.3, -0.25) is 10.1 Å². The Morgan fingerprint density at radius 3 is 2.50 bits per heavy atom. The molecule has 8 heteroatoms. The van der Waals surface area contributed by atoms with E-state index in [1.54, 1.807) is 6.92 Å². The lowest BCUT2D eigenvalue weighted by atomic mass is 9.88. The summed E-state index contributed by atoms with van der Waals surface area (Å²) in [4.78, 5) is 9.84. The van der Waals surface area contributed by atoms with Crippen molar-refractivity contribution in [1.29, 1.82) is 0 Å². The second-order valence-corrected chi connectivity index (χ2v) is 7.72. The van der Waals surface area contributed by atoms with Gasteiger partial charge >= 0.3 is 0 Å². The molecule has 0 radical (unpaired) electrons. The van der Waals surface area contributed by atoms with E-state index in [4.69, 9.17) is 0 Å². The van der Waals surface area contributed by atoms with Crippen LogP contribution in [0.2, 0.25) is 0 Å². The number of nitro groups is 1. The number of nitro benzene ring substituents is 1. The van der Waals surface area contributed by atoms with Crippen LogP contribution >= 0.6 is 0 Å². The van der Waals surface area contributed by atoms with Crippen LogP contribution in [-0.4, -0.2) is 36.8 Å². The van der Waals surface area contributed by atoms with Crippen molar-refractivity contribution in [3.63, 3.8) is 0 Å². The van der Waals surface area contributed by atoms with Crippen molar-refractivity contribution < 1.29 is 18.4 Å². The summed E-state index contributed by atoms with van der Waals surface area (Å²) in [5.74, 6) is 0.0485. The standard InChI is InChI=1S/C14H22N2O5S/c1-5-10(2)14(3,17)9-15-11-6-7-12(16(18)19)13(8-11)22(4,20)21/h6-8,10,15,17H,5,9H2,1-4H3. The van der Waals surface area contributed by atoms with Gasteiger partial charge in [0, 0.05) is 24.6 Å². The normalized spacial score (nSPS) is 15.9. The van der Waals surface area contributed by atoms with Gasteiger partial charge in [-0.15, -0.1) is 0 Å². The number of sulfone groups is 1. The maximum Gasteiger partial charge on any atom is 0.288 e. The molecule has 0 aliphatic rings. The van der Waals surface area contributed by atoms with Gasteiger partial charge in [-0.25, -0.2) is 8.42 Å². The number of hydrogen-bond donors (Lipinski definition) is 2. The van der Waals surface area contributed by atoms with E-state index < -0.39 is 26.0 Å². The third-order valence-corrected chi connectivity index (χ3v) is 5.01. The van der Waals surface area contributed by atoms with Gasteiger partial charge in [0.2, 0.25) is 0 Å². The van der Waals surface area contributed by atoms with E-state index in [9.17, 15) is 23.6 Å².